The second-order valence-electron chi connectivity index (χ2n) is 5.90. The van der Waals surface area contributed by atoms with Crippen LogP contribution in [0.5, 0.6) is 0 Å². The number of carbonyl (C=O) groups excluding carboxylic acids is 2. The summed E-state index contributed by atoms with van der Waals surface area (Å²) in [6, 6.07) is 0. The molecule has 0 aromatic carbocycles. The monoisotopic (exact) mass is 398 g/mol. The minimum atomic E-state index is -0.461. The highest BCUT2D eigenvalue weighted by molar-refractivity contribution is 7.99. The lowest BCUT2D eigenvalue weighted by Crippen LogP contribution is -2.33. The van der Waals surface area contributed by atoms with E-state index in [-0.39, 0.29) is 12.3 Å². The van der Waals surface area contributed by atoms with Crippen molar-refractivity contribution in [1.29, 1.82) is 0 Å². The van der Waals surface area contributed by atoms with Crippen molar-refractivity contribution in [3.05, 3.63) is 26.4 Å². The predicted octanol–water partition coefficient (Wildman–Crippen LogP) is 1.64. The number of aromatic amines is 1. The number of H-pyrrole nitrogens is 1. The molecule has 140 valence electrons. The van der Waals surface area contributed by atoms with Crippen molar-refractivity contribution < 1.29 is 23.5 Å². The number of methoxy groups -OCH3 is 1. The van der Waals surface area contributed by atoms with Gasteiger partial charge in [0.05, 0.1) is 12.7 Å². The van der Waals surface area contributed by atoms with E-state index < -0.39 is 11.6 Å². The first-order valence-corrected chi connectivity index (χ1v) is 10.0. The Kier molecular flexibility index (Phi) is 5.82. The molecule has 1 aliphatic rings. The minimum absolute atomic E-state index is 0.205. The smallest absolute Gasteiger partial charge is 0.441 e. The summed E-state index contributed by atoms with van der Waals surface area (Å²) in [4.78, 5) is 37.1. The van der Waals surface area contributed by atoms with E-state index in [2.05, 4.69) is 15.1 Å². The first-order chi connectivity index (χ1) is 12.5. The molecular weight excluding hydrogens is 378 g/mol. The third kappa shape index (κ3) is 3.85. The molecule has 2 heterocycles. The van der Waals surface area contributed by atoms with Crippen LogP contribution < -0.4 is 15.6 Å². The summed E-state index contributed by atoms with van der Waals surface area (Å²) in [5, 5.41) is 6.23. The number of thioether (sulfide) groups is 1. The molecule has 2 N–H and O–H groups in total. The Morgan fingerprint density at radius 2 is 2.15 bits per heavy atom. The third-order valence-electron chi connectivity index (χ3n) is 4.14. The number of nitrogens with zero attached hydrogens (tertiary/aromatic N) is 1. The Morgan fingerprint density at radius 1 is 1.38 bits per heavy atom. The molecular formula is C16H20N3O5S2+. The van der Waals surface area contributed by atoms with Crippen LogP contribution in [0.1, 0.15) is 40.1 Å². The molecule has 0 unspecified atom stereocenters. The van der Waals surface area contributed by atoms with Gasteiger partial charge in [0.15, 0.2) is 7.05 Å². The lowest BCUT2D eigenvalue weighted by atomic mass is 9.95. The topological polar surface area (TPSA) is 105 Å². The molecule has 1 aliphatic carbocycles. The van der Waals surface area contributed by atoms with Crippen LogP contribution in [-0.4, -0.2) is 30.0 Å². The molecule has 0 aliphatic heterocycles. The molecule has 0 atom stereocenters. The van der Waals surface area contributed by atoms with Crippen molar-refractivity contribution in [3.8, 4) is 0 Å². The van der Waals surface area contributed by atoms with Crippen molar-refractivity contribution in [2.45, 2.75) is 37.1 Å². The van der Waals surface area contributed by atoms with Gasteiger partial charge in [-0.25, -0.2) is 9.59 Å². The number of esters is 1. The number of ether oxygens (including phenoxy) is 1. The fourth-order valence-corrected chi connectivity index (χ4v) is 5.05. The highest BCUT2D eigenvalue weighted by atomic mass is 32.2. The Bertz CT molecular complexity index is 883. The maximum Gasteiger partial charge on any atom is 0.441 e. The molecule has 10 heteroatoms. The van der Waals surface area contributed by atoms with E-state index in [4.69, 9.17) is 4.74 Å². The van der Waals surface area contributed by atoms with Gasteiger partial charge < -0.3 is 10.1 Å². The summed E-state index contributed by atoms with van der Waals surface area (Å²) < 4.78 is 11.0. The summed E-state index contributed by atoms with van der Waals surface area (Å²) in [5.41, 5.74) is 1.04. The van der Waals surface area contributed by atoms with Gasteiger partial charge >= 0.3 is 16.6 Å². The van der Waals surface area contributed by atoms with E-state index in [0.717, 1.165) is 36.1 Å². The van der Waals surface area contributed by atoms with Crippen molar-refractivity contribution in [2.24, 2.45) is 7.05 Å². The van der Waals surface area contributed by atoms with Gasteiger partial charge in [-0.1, -0.05) is 4.68 Å². The number of thiophene rings is 1. The largest absolute Gasteiger partial charge is 0.465 e. The van der Waals surface area contributed by atoms with E-state index in [0.29, 0.717) is 21.3 Å². The van der Waals surface area contributed by atoms with Crippen molar-refractivity contribution in [3.63, 3.8) is 0 Å². The van der Waals surface area contributed by atoms with Crippen molar-refractivity contribution in [1.82, 2.24) is 5.27 Å². The number of hydrogen-bond donors (Lipinski definition) is 2. The second kappa shape index (κ2) is 8.09. The summed E-state index contributed by atoms with van der Waals surface area (Å²) in [6.07, 6.45) is 4.10. The first-order valence-electron chi connectivity index (χ1n) is 8.24. The van der Waals surface area contributed by atoms with Crippen molar-refractivity contribution >= 4 is 40.0 Å². The molecule has 0 fully saturated rings. The van der Waals surface area contributed by atoms with E-state index in [9.17, 15) is 14.4 Å². The van der Waals surface area contributed by atoms with Gasteiger partial charge in [-0.2, -0.15) is 0 Å². The average molecular weight is 398 g/mol. The number of aryl methyl sites for hydroxylation is 2. The summed E-state index contributed by atoms with van der Waals surface area (Å²) >= 11 is 2.69. The standard InChI is InChI=1S/C16H19N3O5S2/c1-19-14(16(22)24-18-19)25-8-7-11(20)17-13-12(15(21)23-2)9-5-3-4-6-10(9)26-13/h3-8H2,1-2H3,(H-,17,18,20,21,22)/p+1. The van der Waals surface area contributed by atoms with E-state index >= 15 is 0 Å². The van der Waals surface area contributed by atoms with Crippen LogP contribution in [0.2, 0.25) is 0 Å². The molecule has 0 saturated carbocycles. The predicted molar refractivity (Wildman–Crippen MR) is 96.8 cm³/mol. The minimum Gasteiger partial charge on any atom is -0.465 e. The third-order valence-corrected chi connectivity index (χ3v) is 6.47. The summed E-state index contributed by atoms with van der Waals surface area (Å²) in [7, 11) is 3.01. The number of anilines is 1. The highest BCUT2D eigenvalue weighted by Gasteiger charge is 2.27. The number of carbonyl (C=O) groups is 2. The maximum atomic E-state index is 12.3. The zero-order chi connectivity index (χ0) is 18.7. The molecule has 0 saturated heterocycles. The normalized spacial score (nSPS) is 13.3. The Labute approximate surface area is 157 Å². The lowest BCUT2D eigenvalue weighted by molar-refractivity contribution is -0.772. The average Bonchev–Trinajstić information content (AvgIpc) is 3.15. The number of amides is 1. The van der Waals surface area contributed by atoms with Crippen LogP contribution in [0.15, 0.2) is 14.3 Å². The van der Waals surface area contributed by atoms with Gasteiger partial charge in [0, 0.05) is 17.1 Å². The van der Waals surface area contributed by atoms with Crippen molar-refractivity contribution in [2.75, 3.05) is 18.2 Å². The number of rotatable bonds is 6. The number of aromatic nitrogens is 2. The number of fused-ring (bicyclic) bond motifs is 1. The van der Waals surface area contributed by atoms with Gasteiger partial charge in [-0.3, -0.25) is 9.32 Å². The molecule has 3 rings (SSSR count). The van der Waals surface area contributed by atoms with Crippen LogP contribution in [0.25, 0.3) is 0 Å². The van der Waals surface area contributed by atoms with Gasteiger partial charge in [0.25, 0.3) is 0 Å². The zero-order valence-corrected chi connectivity index (χ0v) is 16.2. The fourth-order valence-electron chi connectivity index (χ4n) is 2.89. The highest BCUT2D eigenvalue weighted by Crippen LogP contribution is 2.38. The quantitative estimate of drug-likeness (QED) is 0.435. The first kappa shape index (κ1) is 18.7. The fraction of sp³-hybridized carbons (Fsp3) is 0.500. The molecule has 1 amide bonds. The molecule has 8 nitrogen and oxygen atoms in total. The van der Waals surface area contributed by atoms with Gasteiger partial charge in [-0.05, 0) is 48.3 Å². The number of hydrogen-bond acceptors (Lipinski definition) is 7. The molecule has 26 heavy (non-hydrogen) atoms. The Balaban J connectivity index is 1.66. The molecule has 2 aromatic heterocycles. The lowest BCUT2D eigenvalue weighted by Gasteiger charge is -2.11. The van der Waals surface area contributed by atoms with Crippen LogP contribution >= 0.6 is 23.1 Å². The second-order valence-corrected chi connectivity index (χ2v) is 8.09. The van der Waals surface area contributed by atoms with E-state index in [1.807, 2.05) is 0 Å². The van der Waals surface area contributed by atoms with E-state index in [1.54, 1.807) is 7.05 Å². The van der Waals surface area contributed by atoms with Crippen LogP contribution in [0.4, 0.5) is 5.00 Å². The number of nitrogens with one attached hydrogen (secondary N) is 2. The van der Waals surface area contributed by atoms with Gasteiger partial charge in [-0.15, -0.1) is 11.3 Å². The van der Waals surface area contributed by atoms with Gasteiger partial charge in [0.1, 0.15) is 5.00 Å². The van der Waals surface area contributed by atoms with E-state index in [1.165, 1.54) is 34.9 Å². The molecule has 0 bridgehead atoms. The Morgan fingerprint density at radius 3 is 2.85 bits per heavy atom. The van der Waals surface area contributed by atoms with Crippen LogP contribution in [0.3, 0.4) is 0 Å². The summed E-state index contributed by atoms with van der Waals surface area (Å²) in [5.74, 6) is -0.198. The summed E-state index contributed by atoms with van der Waals surface area (Å²) in [6.45, 7) is 0. The zero-order valence-electron chi connectivity index (χ0n) is 14.5. The maximum absolute atomic E-state index is 12.3. The molecule has 0 radical (unpaired) electrons. The Hall–Kier alpha value is -2.07. The van der Waals surface area contributed by atoms with Crippen LogP contribution in [-0.2, 0) is 29.4 Å². The van der Waals surface area contributed by atoms with Crippen LogP contribution in [0, 0.1) is 0 Å². The molecule has 0 spiro atoms. The molecule has 2 aromatic rings. The SMILES string of the molecule is COC(=O)c1c(NC(=O)CCSc2c(=O)o[nH][n+]2C)sc2c1CCCC2. The van der Waals surface area contributed by atoms with Gasteiger partial charge in [0.2, 0.25) is 5.91 Å².